The number of alkyl halides is 3. The van der Waals surface area contributed by atoms with Crippen molar-refractivity contribution in [3.05, 3.63) is 0 Å². The third-order valence-corrected chi connectivity index (χ3v) is 3.51. The van der Waals surface area contributed by atoms with E-state index < -0.39 is 30.1 Å². The van der Waals surface area contributed by atoms with E-state index in [4.69, 9.17) is 10.2 Å². The van der Waals surface area contributed by atoms with Crippen molar-refractivity contribution in [2.75, 3.05) is 0 Å². The van der Waals surface area contributed by atoms with Crippen LogP contribution in [0.1, 0.15) is 39.0 Å². The zero-order valence-corrected chi connectivity index (χ0v) is 9.63. The minimum absolute atomic E-state index is 0.0836. The van der Waals surface area contributed by atoms with Gasteiger partial charge in [-0.3, -0.25) is 4.79 Å². The lowest BCUT2D eigenvalue weighted by Crippen LogP contribution is -2.42. The molecule has 0 aromatic rings. The molecule has 17 heavy (non-hydrogen) atoms. The lowest BCUT2D eigenvalue weighted by molar-refractivity contribution is -0.216. The zero-order valence-electron chi connectivity index (χ0n) is 9.63. The number of carbonyl (C=O) groups is 1. The van der Waals surface area contributed by atoms with Crippen molar-refractivity contribution in [2.24, 2.45) is 11.3 Å². The van der Waals surface area contributed by atoms with Crippen molar-refractivity contribution < 1.29 is 28.2 Å². The molecule has 3 atom stereocenters. The molecule has 1 fully saturated rings. The SMILES string of the molecule is CC1CCCC(CC(O)C(F)(F)F)(C(=O)O)C1. The quantitative estimate of drug-likeness (QED) is 0.813. The summed E-state index contributed by atoms with van der Waals surface area (Å²) in [5.74, 6) is -1.15. The van der Waals surface area contributed by atoms with E-state index in [1.807, 2.05) is 6.92 Å². The van der Waals surface area contributed by atoms with Crippen LogP contribution in [0.25, 0.3) is 0 Å². The van der Waals surface area contributed by atoms with Crippen LogP contribution < -0.4 is 0 Å². The molecule has 2 N–H and O–H groups in total. The number of carboxylic acid groups (broad SMARTS) is 1. The fourth-order valence-corrected chi connectivity index (χ4v) is 2.61. The second-order valence-electron chi connectivity index (χ2n) is 5.05. The molecule has 0 amide bonds. The maximum Gasteiger partial charge on any atom is 0.414 e. The summed E-state index contributed by atoms with van der Waals surface area (Å²) in [5, 5.41) is 18.2. The number of aliphatic carboxylic acids is 1. The molecule has 0 bridgehead atoms. The van der Waals surface area contributed by atoms with Crippen LogP contribution >= 0.6 is 0 Å². The first-order valence-electron chi connectivity index (χ1n) is 5.65. The number of rotatable bonds is 3. The van der Waals surface area contributed by atoms with E-state index in [2.05, 4.69) is 0 Å². The molecule has 0 aromatic heterocycles. The third kappa shape index (κ3) is 3.34. The van der Waals surface area contributed by atoms with Gasteiger partial charge in [0, 0.05) is 0 Å². The number of hydrogen-bond acceptors (Lipinski definition) is 2. The highest BCUT2D eigenvalue weighted by Gasteiger charge is 2.49. The summed E-state index contributed by atoms with van der Waals surface area (Å²) < 4.78 is 36.9. The fourth-order valence-electron chi connectivity index (χ4n) is 2.61. The zero-order chi connectivity index (χ0) is 13.3. The Labute approximate surface area is 97.6 Å². The van der Waals surface area contributed by atoms with E-state index in [0.29, 0.717) is 6.42 Å². The van der Waals surface area contributed by atoms with Crippen LogP contribution in [0.5, 0.6) is 0 Å². The molecule has 0 radical (unpaired) electrons. The first-order chi connectivity index (χ1) is 7.67. The lowest BCUT2D eigenvalue weighted by Gasteiger charge is -2.38. The molecule has 0 heterocycles. The van der Waals surface area contributed by atoms with Crippen LogP contribution in [0, 0.1) is 11.3 Å². The van der Waals surface area contributed by atoms with Crippen molar-refractivity contribution in [3.63, 3.8) is 0 Å². The average molecular weight is 254 g/mol. The summed E-state index contributed by atoms with van der Waals surface area (Å²) in [6.07, 6.45) is -6.20. The van der Waals surface area contributed by atoms with Gasteiger partial charge in [0.05, 0.1) is 5.41 Å². The highest BCUT2D eigenvalue weighted by Crippen LogP contribution is 2.44. The van der Waals surface area contributed by atoms with Gasteiger partial charge < -0.3 is 10.2 Å². The van der Waals surface area contributed by atoms with Gasteiger partial charge in [-0.15, -0.1) is 0 Å². The predicted octanol–water partition coefficient (Wildman–Crippen LogP) is 2.58. The van der Waals surface area contributed by atoms with Crippen LogP contribution in [0.4, 0.5) is 13.2 Å². The smallest absolute Gasteiger partial charge is 0.414 e. The summed E-state index contributed by atoms with van der Waals surface area (Å²) in [4.78, 5) is 11.2. The van der Waals surface area contributed by atoms with E-state index in [-0.39, 0.29) is 18.8 Å². The summed E-state index contributed by atoms with van der Waals surface area (Å²) in [6, 6.07) is 0. The highest BCUT2D eigenvalue weighted by atomic mass is 19.4. The third-order valence-electron chi connectivity index (χ3n) is 3.51. The Morgan fingerprint density at radius 3 is 2.53 bits per heavy atom. The average Bonchev–Trinajstić information content (AvgIpc) is 2.15. The fraction of sp³-hybridized carbons (Fsp3) is 0.909. The summed E-state index contributed by atoms with van der Waals surface area (Å²) in [7, 11) is 0. The Morgan fingerprint density at radius 1 is 1.53 bits per heavy atom. The molecule has 0 aliphatic heterocycles. The Balaban J connectivity index is 2.82. The molecule has 1 aliphatic carbocycles. The van der Waals surface area contributed by atoms with Crippen LogP contribution in [-0.4, -0.2) is 28.5 Å². The molecule has 1 saturated carbocycles. The Bertz CT molecular complexity index is 290. The summed E-state index contributed by atoms with van der Waals surface area (Å²) in [6.45, 7) is 1.83. The van der Waals surface area contributed by atoms with Crippen molar-refractivity contribution in [3.8, 4) is 0 Å². The molecule has 100 valence electrons. The Hall–Kier alpha value is -0.780. The molecule has 3 nitrogen and oxygen atoms in total. The minimum Gasteiger partial charge on any atom is -0.481 e. The molecular formula is C11H17F3O3. The molecule has 6 heteroatoms. The second kappa shape index (κ2) is 4.84. The first-order valence-corrected chi connectivity index (χ1v) is 5.65. The molecule has 3 unspecified atom stereocenters. The number of aliphatic hydroxyl groups excluding tert-OH is 1. The van der Waals surface area contributed by atoms with Gasteiger partial charge in [-0.25, -0.2) is 0 Å². The number of carboxylic acids is 1. The Kier molecular flexibility index (Phi) is 4.06. The van der Waals surface area contributed by atoms with Gasteiger partial charge in [0.1, 0.15) is 0 Å². The van der Waals surface area contributed by atoms with Crippen LogP contribution in [0.3, 0.4) is 0 Å². The largest absolute Gasteiger partial charge is 0.481 e. The van der Waals surface area contributed by atoms with Crippen molar-refractivity contribution in [1.29, 1.82) is 0 Å². The van der Waals surface area contributed by atoms with Gasteiger partial charge in [0.25, 0.3) is 0 Å². The first kappa shape index (κ1) is 14.3. The van der Waals surface area contributed by atoms with Crippen molar-refractivity contribution in [2.45, 2.75) is 51.3 Å². The van der Waals surface area contributed by atoms with E-state index in [9.17, 15) is 18.0 Å². The molecule has 0 saturated heterocycles. The maximum atomic E-state index is 12.3. The topological polar surface area (TPSA) is 57.5 Å². The molecule has 0 aromatic carbocycles. The van der Waals surface area contributed by atoms with Crippen LogP contribution in [-0.2, 0) is 4.79 Å². The van der Waals surface area contributed by atoms with Gasteiger partial charge in [-0.05, 0) is 25.2 Å². The number of hydrogen-bond donors (Lipinski definition) is 2. The van der Waals surface area contributed by atoms with Crippen molar-refractivity contribution in [1.82, 2.24) is 0 Å². The minimum atomic E-state index is -4.75. The summed E-state index contributed by atoms with van der Waals surface area (Å²) in [5.41, 5.74) is -1.42. The van der Waals surface area contributed by atoms with E-state index >= 15 is 0 Å². The summed E-state index contributed by atoms with van der Waals surface area (Å²) >= 11 is 0. The number of aliphatic hydroxyl groups is 1. The Morgan fingerprint density at radius 2 is 2.12 bits per heavy atom. The van der Waals surface area contributed by atoms with Gasteiger partial charge in [0.2, 0.25) is 0 Å². The van der Waals surface area contributed by atoms with Crippen LogP contribution in [0.15, 0.2) is 0 Å². The normalized spacial score (nSPS) is 32.2. The number of halogens is 3. The maximum absolute atomic E-state index is 12.3. The van der Waals surface area contributed by atoms with E-state index in [1.54, 1.807) is 0 Å². The van der Waals surface area contributed by atoms with E-state index in [1.165, 1.54) is 0 Å². The monoisotopic (exact) mass is 254 g/mol. The van der Waals surface area contributed by atoms with Gasteiger partial charge in [-0.2, -0.15) is 13.2 Å². The molecule has 0 spiro atoms. The van der Waals surface area contributed by atoms with Gasteiger partial charge in [0.15, 0.2) is 6.10 Å². The van der Waals surface area contributed by atoms with Crippen LogP contribution in [0.2, 0.25) is 0 Å². The van der Waals surface area contributed by atoms with E-state index in [0.717, 1.165) is 6.42 Å². The predicted molar refractivity (Wildman–Crippen MR) is 54.4 cm³/mol. The molecular weight excluding hydrogens is 237 g/mol. The standard InChI is InChI=1S/C11H17F3O3/c1-7-3-2-4-10(5-7,9(16)17)6-8(15)11(12,13)14/h7-8,15H,2-6H2,1H3,(H,16,17). The lowest BCUT2D eigenvalue weighted by atomic mass is 9.67. The molecule has 1 aliphatic rings. The van der Waals surface area contributed by atoms with Gasteiger partial charge >= 0.3 is 12.1 Å². The van der Waals surface area contributed by atoms with Gasteiger partial charge in [-0.1, -0.05) is 19.8 Å². The molecule has 1 rings (SSSR count). The van der Waals surface area contributed by atoms with Crippen molar-refractivity contribution >= 4 is 5.97 Å². The highest BCUT2D eigenvalue weighted by molar-refractivity contribution is 5.74. The second-order valence-corrected chi connectivity index (χ2v) is 5.05.